The summed E-state index contributed by atoms with van der Waals surface area (Å²) in [4.78, 5) is 3.18. The third-order valence-corrected chi connectivity index (χ3v) is 4.29. The van der Waals surface area contributed by atoms with Crippen molar-refractivity contribution in [2.24, 2.45) is 11.7 Å². The normalized spacial score (nSPS) is 24.4. The van der Waals surface area contributed by atoms with Crippen molar-refractivity contribution in [2.45, 2.75) is 51.5 Å². The Morgan fingerprint density at radius 2 is 2.06 bits per heavy atom. The highest BCUT2D eigenvalue weighted by Gasteiger charge is 2.28. The number of methoxy groups -OCH3 is 1. The van der Waals surface area contributed by atoms with Gasteiger partial charge in [0, 0.05) is 32.7 Å². The maximum Gasteiger partial charge on any atom is 0.0740 e. The van der Waals surface area contributed by atoms with Gasteiger partial charge in [0.25, 0.3) is 0 Å². The van der Waals surface area contributed by atoms with Gasteiger partial charge in [-0.1, -0.05) is 38.4 Å². The van der Waals surface area contributed by atoms with Gasteiger partial charge < -0.3 is 10.5 Å². The van der Waals surface area contributed by atoms with Crippen LogP contribution in [0.1, 0.15) is 45.4 Å². The van der Waals surface area contributed by atoms with E-state index >= 15 is 0 Å². The first-order valence-corrected chi connectivity index (χ1v) is 7.61. The van der Waals surface area contributed by atoms with Crippen molar-refractivity contribution < 1.29 is 4.74 Å². The fourth-order valence-corrected chi connectivity index (χ4v) is 3.14. The van der Waals surface area contributed by atoms with Crippen LogP contribution >= 0.6 is 12.2 Å². The van der Waals surface area contributed by atoms with E-state index in [1.807, 2.05) is 0 Å². The average Bonchev–Trinajstić information content (AvgIpc) is 2.38. The van der Waals surface area contributed by atoms with Crippen molar-refractivity contribution in [3.63, 3.8) is 0 Å². The Morgan fingerprint density at radius 3 is 2.67 bits per heavy atom. The van der Waals surface area contributed by atoms with Crippen LogP contribution in [0.3, 0.4) is 0 Å². The quantitative estimate of drug-likeness (QED) is 0.689. The highest BCUT2D eigenvalue weighted by Crippen LogP contribution is 2.30. The van der Waals surface area contributed by atoms with E-state index in [0.29, 0.717) is 11.0 Å². The standard InChI is InChI=1S/C14H28N2OS/c1-3-12-6-4-5-7-13(12)16(10-11-17-2)9-8-14(15)18/h12-13H,3-11H2,1-2H3,(H2,15,18). The molecule has 0 heterocycles. The number of nitrogens with zero attached hydrogens (tertiary/aromatic N) is 1. The van der Waals surface area contributed by atoms with Crippen LogP contribution in [-0.2, 0) is 4.74 Å². The van der Waals surface area contributed by atoms with E-state index in [4.69, 9.17) is 22.7 Å². The Bertz CT molecular complexity index is 248. The molecule has 1 aliphatic carbocycles. The van der Waals surface area contributed by atoms with Gasteiger partial charge in [-0.05, 0) is 18.8 Å². The molecule has 2 unspecified atom stereocenters. The van der Waals surface area contributed by atoms with Gasteiger partial charge in [-0.25, -0.2) is 0 Å². The number of hydrogen-bond donors (Lipinski definition) is 1. The number of thiocarbonyl (C=S) groups is 1. The molecule has 18 heavy (non-hydrogen) atoms. The van der Waals surface area contributed by atoms with Gasteiger partial charge in [-0.3, -0.25) is 4.90 Å². The van der Waals surface area contributed by atoms with Crippen molar-refractivity contribution in [1.29, 1.82) is 0 Å². The van der Waals surface area contributed by atoms with E-state index in [0.717, 1.165) is 32.0 Å². The molecule has 0 aromatic rings. The maximum absolute atomic E-state index is 5.64. The molecule has 1 fully saturated rings. The number of ether oxygens (including phenoxy) is 1. The van der Waals surface area contributed by atoms with Crippen molar-refractivity contribution >= 4 is 17.2 Å². The maximum atomic E-state index is 5.64. The Hall–Kier alpha value is -0.190. The second-order valence-corrected chi connectivity index (χ2v) is 5.79. The van der Waals surface area contributed by atoms with Gasteiger partial charge >= 0.3 is 0 Å². The molecule has 106 valence electrons. The lowest BCUT2D eigenvalue weighted by Crippen LogP contribution is -2.45. The Morgan fingerprint density at radius 1 is 1.33 bits per heavy atom. The summed E-state index contributed by atoms with van der Waals surface area (Å²) in [6.45, 7) is 5.09. The molecule has 0 bridgehead atoms. The number of nitrogens with two attached hydrogens (primary N) is 1. The van der Waals surface area contributed by atoms with Crippen molar-refractivity contribution in [1.82, 2.24) is 4.90 Å². The molecule has 0 saturated heterocycles. The van der Waals surface area contributed by atoms with Gasteiger partial charge in [-0.2, -0.15) is 0 Å². The molecular weight excluding hydrogens is 244 g/mol. The predicted molar refractivity (Wildman–Crippen MR) is 80.9 cm³/mol. The van der Waals surface area contributed by atoms with E-state index in [1.165, 1.54) is 32.1 Å². The summed E-state index contributed by atoms with van der Waals surface area (Å²) >= 11 is 5.01. The minimum Gasteiger partial charge on any atom is -0.393 e. The van der Waals surface area contributed by atoms with Gasteiger partial charge in [0.15, 0.2) is 0 Å². The minimum atomic E-state index is 0.626. The second-order valence-electron chi connectivity index (χ2n) is 5.27. The first kappa shape index (κ1) is 15.9. The lowest BCUT2D eigenvalue weighted by Gasteiger charge is -2.39. The van der Waals surface area contributed by atoms with Crippen LogP contribution in [0, 0.1) is 5.92 Å². The molecule has 0 amide bonds. The van der Waals surface area contributed by atoms with Gasteiger partial charge in [0.05, 0.1) is 11.6 Å². The zero-order valence-corrected chi connectivity index (χ0v) is 12.7. The van der Waals surface area contributed by atoms with Crippen molar-refractivity contribution in [2.75, 3.05) is 26.8 Å². The van der Waals surface area contributed by atoms with E-state index in [-0.39, 0.29) is 0 Å². The van der Waals surface area contributed by atoms with E-state index in [2.05, 4.69) is 11.8 Å². The van der Waals surface area contributed by atoms with Crippen LogP contribution in [0.5, 0.6) is 0 Å². The summed E-state index contributed by atoms with van der Waals surface area (Å²) in [7, 11) is 1.77. The first-order chi connectivity index (χ1) is 8.69. The average molecular weight is 272 g/mol. The smallest absolute Gasteiger partial charge is 0.0740 e. The number of hydrogen-bond acceptors (Lipinski definition) is 3. The molecule has 3 nitrogen and oxygen atoms in total. The third-order valence-electron chi connectivity index (χ3n) is 4.09. The lowest BCUT2D eigenvalue weighted by atomic mass is 9.82. The van der Waals surface area contributed by atoms with E-state index in [9.17, 15) is 0 Å². The molecule has 0 aliphatic heterocycles. The summed E-state index contributed by atoms with van der Waals surface area (Å²) in [5.41, 5.74) is 5.64. The molecule has 4 heteroatoms. The van der Waals surface area contributed by atoms with Crippen LogP contribution in [0.4, 0.5) is 0 Å². The minimum absolute atomic E-state index is 0.626. The fourth-order valence-electron chi connectivity index (χ4n) is 3.05. The molecule has 0 radical (unpaired) electrons. The summed E-state index contributed by atoms with van der Waals surface area (Å²) in [5.74, 6) is 0.835. The molecule has 1 rings (SSSR count). The van der Waals surface area contributed by atoms with Crippen LogP contribution in [0.2, 0.25) is 0 Å². The molecule has 2 atom stereocenters. The summed E-state index contributed by atoms with van der Waals surface area (Å²) < 4.78 is 5.23. The van der Waals surface area contributed by atoms with Crippen LogP contribution in [-0.4, -0.2) is 42.7 Å². The molecule has 0 aromatic heterocycles. The fraction of sp³-hybridized carbons (Fsp3) is 0.929. The second kappa shape index (κ2) is 8.83. The first-order valence-electron chi connectivity index (χ1n) is 7.20. The zero-order chi connectivity index (χ0) is 13.4. The zero-order valence-electron chi connectivity index (χ0n) is 11.9. The SMILES string of the molecule is CCC1CCCCC1N(CCOC)CCC(N)=S. The molecular formula is C14H28N2OS. The van der Waals surface area contributed by atoms with E-state index < -0.39 is 0 Å². The molecule has 0 spiro atoms. The molecule has 2 N–H and O–H groups in total. The van der Waals surface area contributed by atoms with Crippen LogP contribution in [0.25, 0.3) is 0 Å². The topological polar surface area (TPSA) is 38.5 Å². The van der Waals surface area contributed by atoms with Gasteiger partial charge in [0.1, 0.15) is 0 Å². The van der Waals surface area contributed by atoms with Crippen molar-refractivity contribution in [3.8, 4) is 0 Å². The third kappa shape index (κ3) is 5.21. The monoisotopic (exact) mass is 272 g/mol. The largest absolute Gasteiger partial charge is 0.393 e. The highest BCUT2D eigenvalue weighted by molar-refractivity contribution is 7.80. The predicted octanol–water partition coefficient (Wildman–Crippen LogP) is 2.58. The Labute approximate surface area is 117 Å². The summed E-state index contributed by atoms with van der Waals surface area (Å²) in [5, 5.41) is 0. The molecule has 0 aromatic carbocycles. The van der Waals surface area contributed by atoms with Crippen LogP contribution in [0.15, 0.2) is 0 Å². The van der Waals surface area contributed by atoms with E-state index in [1.54, 1.807) is 7.11 Å². The summed E-state index contributed by atoms with van der Waals surface area (Å²) in [6.07, 6.45) is 7.55. The molecule has 1 aliphatic rings. The van der Waals surface area contributed by atoms with Crippen molar-refractivity contribution in [3.05, 3.63) is 0 Å². The Balaban J connectivity index is 2.56. The van der Waals surface area contributed by atoms with Crippen LogP contribution < -0.4 is 5.73 Å². The highest BCUT2D eigenvalue weighted by atomic mass is 32.1. The molecule has 1 saturated carbocycles. The number of rotatable bonds is 8. The summed E-state index contributed by atoms with van der Waals surface area (Å²) in [6, 6.07) is 0.702. The van der Waals surface area contributed by atoms with Gasteiger partial charge in [0.2, 0.25) is 0 Å². The van der Waals surface area contributed by atoms with Gasteiger partial charge in [-0.15, -0.1) is 0 Å². The Kier molecular flexibility index (Phi) is 7.79. The lowest BCUT2D eigenvalue weighted by molar-refractivity contribution is 0.0717.